The molecule has 1 amide bonds. The van der Waals surface area contributed by atoms with Crippen molar-refractivity contribution in [2.45, 2.75) is 58.2 Å². The van der Waals surface area contributed by atoms with Crippen LogP contribution in [0.25, 0.3) is 11.3 Å². The van der Waals surface area contributed by atoms with Gasteiger partial charge in [0.15, 0.2) is 0 Å². The third kappa shape index (κ3) is 5.17. The number of aromatic nitrogens is 3. The number of carbonyl (C=O) groups is 2. The van der Waals surface area contributed by atoms with Crippen LogP contribution in [0.2, 0.25) is 0 Å². The second-order valence-corrected chi connectivity index (χ2v) is 7.47. The molecule has 2 N–H and O–H groups in total. The van der Waals surface area contributed by atoms with Crippen molar-refractivity contribution in [3.05, 3.63) is 29.6 Å². The second kappa shape index (κ2) is 10.6. The predicted molar refractivity (Wildman–Crippen MR) is 117 cm³/mol. The Morgan fingerprint density at radius 3 is 2.66 bits per heavy atom. The smallest absolute Gasteiger partial charge is 0.407 e. The minimum Gasteiger partial charge on any atom is -0.462 e. The summed E-state index contributed by atoms with van der Waals surface area (Å²) in [6.45, 7) is 4.49. The van der Waals surface area contributed by atoms with Crippen LogP contribution in [0, 0.1) is 11.3 Å². The highest BCUT2D eigenvalue weighted by molar-refractivity contribution is 5.99. The highest BCUT2D eigenvalue weighted by Gasteiger charge is 2.29. The quantitative estimate of drug-likeness (QED) is 0.628. The van der Waals surface area contributed by atoms with E-state index in [1.165, 1.54) is 7.11 Å². The molecule has 3 rings (SSSR count). The van der Waals surface area contributed by atoms with Crippen molar-refractivity contribution >= 4 is 17.9 Å². The van der Waals surface area contributed by atoms with Gasteiger partial charge in [0.1, 0.15) is 17.5 Å². The fraction of sp³-hybridized carbons (Fsp3) is 0.500. The Balaban J connectivity index is 2.01. The van der Waals surface area contributed by atoms with Gasteiger partial charge in [-0.15, -0.1) is 0 Å². The van der Waals surface area contributed by atoms with E-state index in [1.54, 1.807) is 30.1 Å². The van der Waals surface area contributed by atoms with Crippen molar-refractivity contribution in [1.82, 2.24) is 20.1 Å². The fourth-order valence-electron chi connectivity index (χ4n) is 3.86. The summed E-state index contributed by atoms with van der Waals surface area (Å²) in [5.41, 5.74) is 1.22. The Hall–Kier alpha value is -3.61. The highest BCUT2D eigenvalue weighted by Crippen LogP contribution is 2.29. The van der Waals surface area contributed by atoms with E-state index in [4.69, 9.17) is 9.47 Å². The number of aryl methyl sites for hydroxylation is 1. The molecule has 1 saturated carbocycles. The lowest BCUT2D eigenvalue weighted by Gasteiger charge is -2.32. The maximum absolute atomic E-state index is 12.7. The molecule has 170 valence electrons. The number of methoxy groups -OCH3 is 1. The maximum atomic E-state index is 12.7. The number of nitriles is 1. The van der Waals surface area contributed by atoms with E-state index in [-0.39, 0.29) is 29.8 Å². The summed E-state index contributed by atoms with van der Waals surface area (Å²) in [5, 5.41) is 20.3. The number of anilines is 1. The maximum Gasteiger partial charge on any atom is 0.407 e. The molecule has 2 aromatic heterocycles. The van der Waals surface area contributed by atoms with E-state index in [2.05, 4.69) is 26.8 Å². The molecule has 32 heavy (non-hydrogen) atoms. The third-order valence-electron chi connectivity index (χ3n) is 5.44. The number of hydrogen-bond donors (Lipinski definition) is 2. The van der Waals surface area contributed by atoms with Crippen LogP contribution in [0.4, 0.5) is 10.6 Å². The van der Waals surface area contributed by atoms with Crippen LogP contribution in [0.15, 0.2) is 18.5 Å². The van der Waals surface area contributed by atoms with Gasteiger partial charge in [-0.05, 0) is 32.8 Å². The first kappa shape index (κ1) is 23.1. The van der Waals surface area contributed by atoms with E-state index in [0.29, 0.717) is 23.6 Å². The van der Waals surface area contributed by atoms with Gasteiger partial charge >= 0.3 is 12.1 Å². The molecule has 2 aromatic rings. The van der Waals surface area contributed by atoms with Gasteiger partial charge in [0.05, 0.1) is 37.2 Å². The molecular formula is C22H28N6O4. The van der Waals surface area contributed by atoms with Crippen LogP contribution in [-0.4, -0.2) is 52.6 Å². The zero-order valence-corrected chi connectivity index (χ0v) is 18.6. The highest BCUT2D eigenvalue weighted by atomic mass is 16.5. The van der Waals surface area contributed by atoms with Gasteiger partial charge in [-0.2, -0.15) is 10.4 Å². The minimum absolute atomic E-state index is 0.0958. The minimum atomic E-state index is -0.606. The van der Waals surface area contributed by atoms with E-state index < -0.39 is 12.1 Å². The van der Waals surface area contributed by atoms with E-state index in [1.807, 2.05) is 6.92 Å². The zero-order chi connectivity index (χ0) is 23.1. The van der Waals surface area contributed by atoms with Crippen molar-refractivity contribution in [2.75, 3.05) is 19.0 Å². The third-order valence-corrected chi connectivity index (χ3v) is 5.44. The standard InChI is InChI=1S/C22H28N6O4/c1-4-28-13-15(12-24-28)20-19(21(29)32-5-2)14(11-23)10-18(27-20)25-16-8-6-7-9-17(16)26-22(30)31-3/h10,12-13,16-17H,4-9H2,1-3H3,(H,25,27)(H,26,30)/t16-,17+/m1/s1. The number of pyridine rings is 1. The van der Waals surface area contributed by atoms with Crippen LogP contribution in [-0.2, 0) is 16.0 Å². The van der Waals surface area contributed by atoms with E-state index in [9.17, 15) is 14.9 Å². The summed E-state index contributed by atoms with van der Waals surface area (Å²) in [7, 11) is 1.33. The predicted octanol–water partition coefficient (Wildman–Crippen LogP) is 3.09. The summed E-state index contributed by atoms with van der Waals surface area (Å²) in [4.78, 5) is 29.1. The first-order chi connectivity index (χ1) is 15.5. The number of ether oxygens (including phenoxy) is 2. The molecule has 0 radical (unpaired) electrons. The number of alkyl carbamates (subject to hydrolysis) is 1. The average Bonchev–Trinajstić information content (AvgIpc) is 3.29. The van der Waals surface area contributed by atoms with Crippen molar-refractivity contribution < 1.29 is 19.1 Å². The Kier molecular flexibility index (Phi) is 7.65. The average molecular weight is 441 g/mol. The molecule has 10 heteroatoms. The topological polar surface area (TPSA) is 131 Å². The summed E-state index contributed by atoms with van der Waals surface area (Å²) in [5.74, 6) is -0.164. The second-order valence-electron chi connectivity index (χ2n) is 7.47. The molecule has 2 atom stereocenters. The molecule has 2 heterocycles. The molecule has 10 nitrogen and oxygen atoms in total. The lowest BCUT2D eigenvalue weighted by atomic mass is 9.90. The zero-order valence-electron chi connectivity index (χ0n) is 18.6. The SMILES string of the molecule is CCOC(=O)c1c(C#N)cc(N[C@@H]2CCCC[C@@H]2NC(=O)OC)nc1-c1cnn(CC)c1. The largest absolute Gasteiger partial charge is 0.462 e. The number of esters is 1. The molecule has 1 aliphatic rings. The van der Waals surface area contributed by atoms with Gasteiger partial charge in [0.25, 0.3) is 0 Å². The molecule has 0 unspecified atom stereocenters. The van der Waals surface area contributed by atoms with Crippen molar-refractivity contribution in [3.8, 4) is 17.3 Å². The van der Waals surface area contributed by atoms with Crippen LogP contribution in [0.5, 0.6) is 0 Å². The lowest BCUT2D eigenvalue weighted by molar-refractivity contribution is 0.0526. The molecule has 0 aliphatic heterocycles. The summed E-state index contributed by atoms with van der Waals surface area (Å²) < 4.78 is 11.7. The number of carbonyl (C=O) groups excluding carboxylic acids is 2. The molecule has 0 saturated heterocycles. The number of rotatable bonds is 7. The Bertz CT molecular complexity index is 1010. The lowest BCUT2D eigenvalue weighted by Crippen LogP contribution is -2.48. The van der Waals surface area contributed by atoms with Crippen LogP contribution in [0.3, 0.4) is 0 Å². The number of amides is 1. The van der Waals surface area contributed by atoms with Gasteiger partial charge in [0, 0.05) is 24.3 Å². The number of nitrogens with one attached hydrogen (secondary N) is 2. The van der Waals surface area contributed by atoms with Crippen molar-refractivity contribution in [1.29, 1.82) is 5.26 Å². The van der Waals surface area contributed by atoms with Gasteiger partial charge in [-0.3, -0.25) is 4.68 Å². The van der Waals surface area contributed by atoms with Crippen LogP contribution >= 0.6 is 0 Å². The molecule has 1 aliphatic carbocycles. The fourth-order valence-corrected chi connectivity index (χ4v) is 3.86. The molecular weight excluding hydrogens is 412 g/mol. The number of nitrogens with zero attached hydrogens (tertiary/aromatic N) is 4. The molecule has 0 aromatic carbocycles. The van der Waals surface area contributed by atoms with Crippen molar-refractivity contribution in [2.24, 2.45) is 0 Å². The van der Waals surface area contributed by atoms with Gasteiger partial charge in [0.2, 0.25) is 0 Å². The Morgan fingerprint density at radius 2 is 2.03 bits per heavy atom. The Morgan fingerprint density at radius 1 is 1.28 bits per heavy atom. The summed E-state index contributed by atoms with van der Waals surface area (Å²) in [6, 6.07) is 3.41. The summed E-state index contributed by atoms with van der Waals surface area (Å²) >= 11 is 0. The molecule has 1 fully saturated rings. The van der Waals surface area contributed by atoms with Crippen molar-refractivity contribution in [3.63, 3.8) is 0 Å². The van der Waals surface area contributed by atoms with Gasteiger partial charge in [-0.1, -0.05) is 12.8 Å². The monoisotopic (exact) mass is 440 g/mol. The summed E-state index contributed by atoms with van der Waals surface area (Å²) in [6.07, 6.45) is 6.52. The molecule has 0 spiro atoms. The van der Waals surface area contributed by atoms with Gasteiger partial charge < -0.3 is 20.1 Å². The van der Waals surface area contributed by atoms with Crippen LogP contribution < -0.4 is 10.6 Å². The van der Waals surface area contributed by atoms with E-state index >= 15 is 0 Å². The molecule has 0 bridgehead atoms. The number of hydrogen-bond acceptors (Lipinski definition) is 8. The first-order valence-electron chi connectivity index (χ1n) is 10.8. The first-order valence-corrected chi connectivity index (χ1v) is 10.8. The van der Waals surface area contributed by atoms with Crippen LogP contribution in [0.1, 0.15) is 55.5 Å². The Labute approximate surface area is 186 Å². The van der Waals surface area contributed by atoms with E-state index in [0.717, 1.165) is 25.7 Å². The normalized spacial score (nSPS) is 17.8. The van der Waals surface area contributed by atoms with Gasteiger partial charge in [-0.25, -0.2) is 14.6 Å².